The van der Waals surface area contributed by atoms with Crippen molar-refractivity contribution in [3.8, 4) is 0 Å². The first-order chi connectivity index (χ1) is 11.2. The number of hydrogen-bond donors (Lipinski definition) is 1. The van der Waals surface area contributed by atoms with Crippen LogP contribution in [0.25, 0.3) is 0 Å². The van der Waals surface area contributed by atoms with Gasteiger partial charge in [-0.1, -0.05) is 13.0 Å². The van der Waals surface area contributed by atoms with E-state index in [1.165, 1.54) is 6.42 Å². The van der Waals surface area contributed by atoms with Gasteiger partial charge in [0.2, 0.25) is 5.95 Å². The van der Waals surface area contributed by atoms with Gasteiger partial charge in [-0.3, -0.25) is 9.78 Å². The summed E-state index contributed by atoms with van der Waals surface area (Å²) in [6.45, 7) is 4.32. The molecule has 2 aromatic rings. The van der Waals surface area contributed by atoms with Crippen LogP contribution < -0.4 is 5.32 Å². The lowest BCUT2D eigenvalue weighted by Gasteiger charge is -2.30. The lowest BCUT2D eigenvalue weighted by atomic mass is 10.00. The number of carbonyl (C=O) groups excluding carboxylic acids is 1. The Labute approximate surface area is 136 Å². The minimum Gasteiger partial charge on any atom is -0.349 e. The van der Waals surface area contributed by atoms with Gasteiger partial charge in [-0.25, -0.2) is 9.97 Å². The molecule has 1 unspecified atom stereocenters. The lowest BCUT2D eigenvalue weighted by Crippen LogP contribution is -2.39. The second-order valence-electron chi connectivity index (χ2n) is 5.94. The third-order valence-electron chi connectivity index (χ3n) is 3.97. The Balaban J connectivity index is 1.66. The molecule has 1 N–H and O–H groups in total. The molecule has 2 aromatic heterocycles. The van der Waals surface area contributed by atoms with Gasteiger partial charge in [-0.05, 0) is 37.0 Å². The predicted octanol–water partition coefficient (Wildman–Crippen LogP) is 2.36. The van der Waals surface area contributed by atoms with Gasteiger partial charge in [-0.15, -0.1) is 0 Å². The van der Waals surface area contributed by atoms with E-state index in [9.17, 15) is 4.79 Å². The maximum absolute atomic E-state index is 12.6. The molecule has 0 bridgehead atoms. The molecule has 120 valence electrons. The average Bonchev–Trinajstić information content (AvgIpc) is 2.60. The SMILES string of the molecule is CC1CCCN(C(=O)c2ccnc(NCc3ccccn3)n2)C1. The topological polar surface area (TPSA) is 71.0 Å². The van der Waals surface area contributed by atoms with Crippen LogP contribution in [0.5, 0.6) is 0 Å². The second kappa shape index (κ2) is 7.17. The van der Waals surface area contributed by atoms with Crippen LogP contribution in [0.2, 0.25) is 0 Å². The lowest BCUT2D eigenvalue weighted by molar-refractivity contribution is 0.0677. The molecule has 0 aliphatic carbocycles. The van der Waals surface area contributed by atoms with Crippen molar-refractivity contribution in [3.05, 3.63) is 48.0 Å². The van der Waals surface area contributed by atoms with Crippen molar-refractivity contribution in [2.24, 2.45) is 5.92 Å². The van der Waals surface area contributed by atoms with Crippen molar-refractivity contribution in [1.29, 1.82) is 0 Å². The second-order valence-corrected chi connectivity index (χ2v) is 5.94. The first-order valence-corrected chi connectivity index (χ1v) is 7.98. The van der Waals surface area contributed by atoms with E-state index in [2.05, 4.69) is 27.2 Å². The maximum atomic E-state index is 12.6. The molecule has 3 rings (SSSR count). The molecule has 0 spiro atoms. The summed E-state index contributed by atoms with van der Waals surface area (Å²) in [5, 5.41) is 3.11. The molecule has 1 fully saturated rings. The molecule has 1 aliphatic rings. The first kappa shape index (κ1) is 15.4. The molecule has 6 heteroatoms. The smallest absolute Gasteiger partial charge is 0.272 e. The van der Waals surface area contributed by atoms with Crippen molar-refractivity contribution >= 4 is 11.9 Å². The van der Waals surface area contributed by atoms with Gasteiger partial charge in [0, 0.05) is 25.5 Å². The highest BCUT2D eigenvalue weighted by molar-refractivity contribution is 5.92. The summed E-state index contributed by atoms with van der Waals surface area (Å²) in [7, 11) is 0. The molecular formula is C17H21N5O. The quantitative estimate of drug-likeness (QED) is 0.938. The van der Waals surface area contributed by atoms with Crippen LogP contribution in [-0.2, 0) is 6.54 Å². The fraction of sp³-hybridized carbons (Fsp3) is 0.412. The molecule has 0 radical (unpaired) electrons. The van der Waals surface area contributed by atoms with Crippen molar-refractivity contribution in [1.82, 2.24) is 19.9 Å². The summed E-state index contributed by atoms with van der Waals surface area (Å²) in [5.41, 5.74) is 1.34. The number of nitrogens with zero attached hydrogens (tertiary/aromatic N) is 4. The van der Waals surface area contributed by atoms with Gasteiger partial charge in [0.15, 0.2) is 0 Å². The highest BCUT2D eigenvalue weighted by Crippen LogP contribution is 2.17. The standard InChI is InChI=1S/C17H21N5O/c1-13-5-4-10-22(12-13)16(23)15-7-9-19-17(21-15)20-11-14-6-2-3-8-18-14/h2-3,6-9,13H,4-5,10-12H2,1H3,(H,19,20,21). The molecule has 1 saturated heterocycles. The Bertz CT molecular complexity index is 661. The third kappa shape index (κ3) is 4.03. The zero-order valence-electron chi connectivity index (χ0n) is 13.3. The van der Waals surface area contributed by atoms with Crippen LogP contribution in [0, 0.1) is 5.92 Å². The predicted molar refractivity (Wildman–Crippen MR) is 87.9 cm³/mol. The number of rotatable bonds is 4. The van der Waals surface area contributed by atoms with Crippen LogP contribution in [0.1, 0.15) is 35.9 Å². The van der Waals surface area contributed by atoms with Crippen molar-refractivity contribution in [3.63, 3.8) is 0 Å². The van der Waals surface area contributed by atoms with Crippen LogP contribution in [0.4, 0.5) is 5.95 Å². The fourth-order valence-electron chi connectivity index (χ4n) is 2.77. The Hall–Kier alpha value is -2.50. The van der Waals surface area contributed by atoms with E-state index in [0.717, 1.165) is 25.2 Å². The van der Waals surface area contributed by atoms with Crippen molar-refractivity contribution in [2.75, 3.05) is 18.4 Å². The number of nitrogens with one attached hydrogen (secondary N) is 1. The molecule has 23 heavy (non-hydrogen) atoms. The van der Waals surface area contributed by atoms with Crippen LogP contribution in [-0.4, -0.2) is 38.8 Å². The average molecular weight is 311 g/mol. The Kier molecular flexibility index (Phi) is 4.80. The monoisotopic (exact) mass is 311 g/mol. The summed E-state index contributed by atoms with van der Waals surface area (Å²) >= 11 is 0. The normalized spacial score (nSPS) is 17.8. The number of hydrogen-bond acceptors (Lipinski definition) is 5. The van der Waals surface area contributed by atoms with Crippen molar-refractivity contribution < 1.29 is 4.79 Å². The van der Waals surface area contributed by atoms with E-state index in [1.807, 2.05) is 23.1 Å². The van der Waals surface area contributed by atoms with E-state index in [0.29, 0.717) is 24.1 Å². The molecule has 1 aliphatic heterocycles. The highest BCUT2D eigenvalue weighted by atomic mass is 16.2. The molecule has 0 aromatic carbocycles. The molecule has 1 amide bonds. The Morgan fingerprint density at radius 3 is 3.00 bits per heavy atom. The number of anilines is 1. The number of carbonyl (C=O) groups is 1. The Morgan fingerprint density at radius 2 is 2.22 bits per heavy atom. The number of aromatic nitrogens is 3. The van der Waals surface area contributed by atoms with E-state index in [4.69, 9.17) is 0 Å². The number of likely N-dealkylation sites (tertiary alicyclic amines) is 1. The minimum atomic E-state index is -0.0140. The fourth-order valence-corrected chi connectivity index (χ4v) is 2.77. The summed E-state index contributed by atoms with van der Waals surface area (Å²) in [5.74, 6) is 0.989. The molecule has 3 heterocycles. The van der Waals surface area contributed by atoms with Crippen LogP contribution in [0.15, 0.2) is 36.7 Å². The van der Waals surface area contributed by atoms with Gasteiger partial charge >= 0.3 is 0 Å². The zero-order valence-corrected chi connectivity index (χ0v) is 13.3. The van der Waals surface area contributed by atoms with E-state index < -0.39 is 0 Å². The molecular weight excluding hydrogens is 290 g/mol. The van der Waals surface area contributed by atoms with Crippen molar-refractivity contribution in [2.45, 2.75) is 26.3 Å². The largest absolute Gasteiger partial charge is 0.349 e. The molecule has 6 nitrogen and oxygen atoms in total. The van der Waals surface area contributed by atoms with E-state index >= 15 is 0 Å². The minimum absolute atomic E-state index is 0.0140. The third-order valence-corrected chi connectivity index (χ3v) is 3.97. The number of amides is 1. The van der Waals surface area contributed by atoms with Gasteiger partial charge in [0.25, 0.3) is 5.91 Å². The zero-order chi connectivity index (χ0) is 16.1. The molecule has 0 saturated carbocycles. The summed E-state index contributed by atoms with van der Waals surface area (Å²) in [4.78, 5) is 27.2. The van der Waals surface area contributed by atoms with Crippen LogP contribution in [0.3, 0.4) is 0 Å². The summed E-state index contributed by atoms with van der Waals surface area (Å²) < 4.78 is 0. The van der Waals surface area contributed by atoms with E-state index in [1.54, 1.807) is 18.5 Å². The summed E-state index contributed by atoms with van der Waals surface area (Å²) in [6.07, 6.45) is 5.61. The van der Waals surface area contributed by atoms with Crippen LogP contribution >= 0.6 is 0 Å². The maximum Gasteiger partial charge on any atom is 0.272 e. The number of pyridine rings is 1. The van der Waals surface area contributed by atoms with Gasteiger partial charge in [0.05, 0.1) is 12.2 Å². The summed E-state index contributed by atoms with van der Waals surface area (Å²) in [6, 6.07) is 7.41. The molecule has 1 atom stereocenters. The highest BCUT2D eigenvalue weighted by Gasteiger charge is 2.23. The first-order valence-electron chi connectivity index (χ1n) is 7.98. The van der Waals surface area contributed by atoms with Gasteiger partial charge in [-0.2, -0.15) is 0 Å². The van der Waals surface area contributed by atoms with E-state index in [-0.39, 0.29) is 5.91 Å². The van der Waals surface area contributed by atoms with Gasteiger partial charge < -0.3 is 10.2 Å². The van der Waals surface area contributed by atoms with Gasteiger partial charge in [0.1, 0.15) is 5.69 Å². The number of piperidine rings is 1. The Morgan fingerprint density at radius 1 is 1.30 bits per heavy atom.